The Morgan fingerprint density at radius 3 is 2.71 bits per heavy atom. The molecule has 2 aromatic rings. The zero-order valence-corrected chi connectivity index (χ0v) is 13.2. The Bertz CT molecular complexity index is 585. The second-order valence-electron chi connectivity index (χ2n) is 6.25. The highest BCUT2D eigenvalue weighted by Crippen LogP contribution is 2.29. The first-order valence-electron chi connectivity index (χ1n) is 7.86. The van der Waals surface area contributed by atoms with Crippen LogP contribution in [0.25, 0.3) is 5.82 Å². The largest absolute Gasteiger partial charge is 0.299 e. The van der Waals surface area contributed by atoms with Crippen molar-refractivity contribution in [2.24, 2.45) is 0 Å². The summed E-state index contributed by atoms with van der Waals surface area (Å²) in [6, 6.07) is 4.86. The van der Waals surface area contributed by atoms with Crippen LogP contribution >= 0.6 is 0 Å². The molecule has 0 bridgehead atoms. The van der Waals surface area contributed by atoms with Crippen molar-refractivity contribution < 1.29 is 0 Å². The maximum Gasteiger partial charge on any atom is 0.138 e. The third-order valence-corrected chi connectivity index (χ3v) is 4.36. The number of pyridine rings is 1. The molecule has 0 amide bonds. The van der Waals surface area contributed by atoms with Gasteiger partial charge < -0.3 is 0 Å². The number of likely N-dealkylation sites (tertiary alicyclic amines) is 1. The number of hydrogen-bond acceptors (Lipinski definition) is 3. The summed E-state index contributed by atoms with van der Waals surface area (Å²) < 4.78 is 2.08. The third-order valence-electron chi connectivity index (χ3n) is 4.36. The molecule has 0 spiro atoms. The maximum atomic E-state index is 4.67. The van der Waals surface area contributed by atoms with Crippen LogP contribution in [0.15, 0.2) is 30.7 Å². The van der Waals surface area contributed by atoms with Crippen LogP contribution in [-0.4, -0.2) is 33.0 Å². The molecule has 21 heavy (non-hydrogen) atoms. The molecule has 0 aromatic carbocycles. The lowest BCUT2D eigenvalue weighted by atomic mass is 9.97. The number of aromatic nitrogens is 3. The minimum Gasteiger partial charge on any atom is -0.299 e. The molecule has 1 unspecified atom stereocenters. The summed E-state index contributed by atoms with van der Waals surface area (Å²) in [6.07, 6.45) is 9.73. The van der Waals surface area contributed by atoms with Crippen molar-refractivity contribution in [1.82, 2.24) is 19.4 Å². The molecule has 0 radical (unpaired) electrons. The van der Waals surface area contributed by atoms with Crippen molar-refractivity contribution in [3.05, 3.63) is 42.1 Å². The molecule has 0 saturated carbocycles. The van der Waals surface area contributed by atoms with Crippen LogP contribution in [0.1, 0.15) is 56.5 Å². The van der Waals surface area contributed by atoms with Gasteiger partial charge in [0.1, 0.15) is 11.6 Å². The molecule has 112 valence electrons. The Morgan fingerprint density at radius 2 is 2.05 bits per heavy atom. The quantitative estimate of drug-likeness (QED) is 0.864. The smallest absolute Gasteiger partial charge is 0.138 e. The average Bonchev–Trinajstić information content (AvgIpc) is 2.98. The van der Waals surface area contributed by atoms with E-state index in [-0.39, 0.29) is 0 Å². The van der Waals surface area contributed by atoms with E-state index in [0.717, 1.165) is 11.6 Å². The van der Waals surface area contributed by atoms with Gasteiger partial charge in [-0.05, 0) is 38.1 Å². The summed E-state index contributed by atoms with van der Waals surface area (Å²) in [7, 11) is 2.21. The van der Waals surface area contributed by atoms with E-state index in [4.69, 9.17) is 0 Å². The second kappa shape index (κ2) is 5.98. The van der Waals surface area contributed by atoms with Crippen LogP contribution in [0.4, 0.5) is 0 Å². The van der Waals surface area contributed by atoms with Gasteiger partial charge in [0.2, 0.25) is 0 Å². The molecule has 0 aliphatic carbocycles. The fraction of sp³-hybridized carbons (Fsp3) is 0.529. The van der Waals surface area contributed by atoms with Crippen molar-refractivity contribution in [1.29, 1.82) is 0 Å². The van der Waals surface area contributed by atoms with Crippen molar-refractivity contribution in [3.63, 3.8) is 0 Å². The van der Waals surface area contributed by atoms with Crippen LogP contribution in [0.3, 0.4) is 0 Å². The molecule has 1 saturated heterocycles. The first-order chi connectivity index (χ1) is 10.2. The van der Waals surface area contributed by atoms with Crippen molar-refractivity contribution in [3.8, 4) is 5.82 Å². The molecule has 1 fully saturated rings. The fourth-order valence-corrected chi connectivity index (χ4v) is 3.17. The van der Waals surface area contributed by atoms with E-state index in [1.165, 1.54) is 31.4 Å². The summed E-state index contributed by atoms with van der Waals surface area (Å²) >= 11 is 0. The molecule has 4 heteroatoms. The zero-order valence-electron chi connectivity index (χ0n) is 13.2. The van der Waals surface area contributed by atoms with Crippen molar-refractivity contribution in [2.45, 2.75) is 45.1 Å². The number of rotatable bonds is 3. The number of piperidine rings is 1. The van der Waals surface area contributed by atoms with E-state index in [1.807, 2.05) is 18.6 Å². The molecule has 4 nitrogen and oxygen atoms in total. The molecule has 3 heterocycles. The number of nitrogens with zero attached hydrogens (tertiary/aromatic N) is 4. The summed E-state index contributed by atoms with van der Waals surface area (Å²) in [4.78, 5) is 11.5. The van der Waals surface area contributed by atoms with Gasteiger partial charge in [0.15, 0.2) is 0 Å². The summed E-state index contributed by atoms with van der Waals surface area (Å²) in [5.41, 5.74) is 1.33. The number of hydrogen-bond donors (Lipinski definition) is 0. The molecule has 1 aliphatic heterocycles. The Kier molecular flexibility index (Phi) is 4.06. The molecule has 0 N–H and O–H groups in total. The van der Waals surface area contributed by atoms with Gasteiger partial charge in [0.05, 0.1) is 0 Å². The van der Waals surface area contributed by atoms with E-state index in [2.05, 4.69) is 52.5 Å². The van der Waals surface area contributed by atoms with Crippen LogP contribution < -0.4 is 0 Å². The highest BCUT2D eigenvalue weighted by molar-refractivity contribution is 5.29. The number of imidazole rings is 1. The van der Waals surface area contributed by atoms with E-state index in [9.17, 15) is 0 Å². The summed E-state index contributed by atoms with van der Waals surface area (Å²) in [5.74, 6) is 2.41. The first kappa shape index (κ1) is 14.3. The van der Waals surface area contributed by atoms with Gasteiger partial charge in [0.25, 0.3) is 0 Å². The van der Waals surface area contributed by atoms with E-state index < -0.39 is 0 Å². The van der Waals surface area contributed by atoms with E-state index in [1.54, 1.807) is 0 Å². The topological polar surface area (TPSA) is 34.0 Å². The second-order valence-corrected chi connectivity index (χ2v) is 6.25. The van der Waals surface area contributed by atoms with Gasteiger partial charge in [-0.2, -0.15) is 0 Å². The molecular weight excluding hydrogens is 260 g/mol. The Hall–Kier alpha value is -1.68. The van der Waals surface area contributed by atoms with Crippen LogP contribution in [0.2, 0.25) is 0 Å². The molecule has 3 rings (SSSR count). The standard InChI is InChI=1S/C17H24N4/c1-13(2)17-18-9-11-21(17)16-8-7-14(12-19-16)15-6-4-5-10-20(15)3/h7-9,11-13,15H,4-6,10H2,1-3H3. The van der Waals surface area contributed by atoms with Gasteiger partial charge in [-0.15, -0.1) is 0 Å². The average molecular weight is 284 g/mol. The third kappa shape index (κ3) is 2.86. The maximum absolute atomic E-state index is 4.67. The van der Waals surface area contributed by atoms with Gasteiger partial charge in [-0.1, -0.05) is 26.3 Å². The summed E-state index contributed by atoms with van der Waals surface area (Å²) in [6.45, 7) is 5.50. The SMILES string of the molecule is CC(C)c1nccn1-c1ccc(C2CCCCN2C)cn1. The van der Waals surface area contributed by atoms with Gasteiger partial charge in [-0.3, -0.25) is 9.47 Å². The zero-order chi connectivity index (χ0) is 14.8. The minimum atomic E-state index is 0.394. The monoisotopic (exact) mass is 284 g/mol. The predicted octanol–water partition coefficient (Wildman–Crippen LogP) is 3.55. The van der Waals surface area contributed by atoms with Crippen LogP contribution in [-0.2, 0) is 0 Å². The molecule has 2 aromatic heterocycles. The lowest BCUT2D eigenvalue weighted by Crippen LogP contribution is -2.29. The Morgan fingerprint density at radius 1 is 1.19 bits per heavy atom. The molecular formula is C17H24N4. The van der Waals surface area contributed by atoms with Crippen molar-refractivity contribution in [2.75, 3.05) is 13.6 Å². The Labute approximate surface area is 126 Å². The van der Waals surface area contributed by atoms with E-state index >= 15 is 0 Å². The van der Waals surface area contributed by atoms with Crippen LogP contribution in [0.5, 0.6) is 0 Å². The highest BCUT2D eigenvalue weighted by atomic mass is 15.1. The summed E-state index contributed by atoms with van der Waals surface area (Å²) in [5, 5.41) is 0. The lowest BCUT2D eigenvalue weighted by Gasteiger charge is -2.32. The first-order valence-corrected chi connectivity index (χ1v) is 7.86. The molecule has 1 aliphatic rings. The van der Waals surface area contributed by atoms with Gasteiger partial charge >= 0.3 is 0 Å². The van der Waals surface area contributed by atoms with Crippen LogP contribution in [0, 0.1) is 0 Å². The fourth-order valence-electron chi connectivity index (χ4n) is 3.17. The van der Waals surface area contributed by atoms with E-state index in [0.29, 0.717) is 12.0 Å². The minimum absolute atomic E-state index is 0.394. The van der Waals surface area contributed by atoms with Crippen molar-refractivity contribution >= 4 is 0 Å². The van der Waals surface area contributed by atoms with Gasteiger partial charge in [-0.25, -0.2) is 9.97 Å². The molecule has 1 atom stereocenters. The predicted molar refractivity (Wildman–Crippen MR) is 84.7 cm³/mol. The normalized spacial score (nSPS) is 20.1. The highest BCUT2D eigenvalue weighted by Gasteiger charge is 2.21. The Balaban J connectivity index is 1.85. The lowest BCUT2D eigenvalue weighted by molar-refractivity contribution is 0.187. The van der Waals surface area contributed by atoms with Gasteiger partial charge in [0, 0.05) is 30.6 Å².